The van der Waals surface area contributed by atoms with Crippen molar-refractivity contribution in [3.8, 4) is 0 Å². The van der Waals surface area contributed by atoms with Gasteiger partial charge in [-0.15, -0.1) is 0 Å². The summed E-state index contributed by atoms with van der Waals surface area (Å²) in [5.41, 5.74) is 0.857. The van der Waals surface area contributed by atoms with Crippen molar-refractivity contribution in [3.63, 3.8) is 0 Å². The summed E-state index contributed by atoms with van der Waals surface area (Å²) in [5.74, 6) is -0.499. The van der Waals surface area contributed by atoms with Gasteiger partial charge in [0.05, 0.1) is 6.54 Å². The molecule has 7 heteroatoms. The van der Waals surface area contributed by atoms with Crippen LogP contribution in [0.15, 0.2) is 30.3 Å². The van der Waals surface area contributed by atoms with E-state index in [1.807, 2.05) is 30.3 Å². The second-order valence-corrected chi connectivity index (χ2v) is 6.58. The zero-order valence-electron chi connectivity index (χ0n) is 14.6. The molecule has 2 atom stereocenters. The SMILES string of the molecule is C[C@@H](CN(C(=O)O)C1CC1)[C@@H](F)CN(C)C(=O)OCc1ccccc1. The standard InChI is InChI=1S/C18H25FN2O4/c1-13(10-21(17(22)23)15-8-9-15)16(19)11-20(2)18(24)25-12-14-6-4-3-5-7-14/h3-7,13,15-16H,8-12H2,1-2H3,(H,22,23)/t13-,16-/m0/s1. The highest BCUT2D eigenvalue weighted by atomic mass is 19.1. The topological polar surface area (TPSA) is 70.1 Å². The number of halogens is 1. The van der Waals surface area contributed by atoms with Gasteiger partial charge < -0.3 is 19.6 Å². The summed E-state index contributed by atoms with van der Waals surface area (Å²) in [7, 11) is 1.47. The zero-order chi connectivity index (χ0) is 18.4. The zero-order valence-corrected chi connectivity index (χ0v) is 14.6. The minimum atomic E-state index is -1.32. The highest BCUT2D eigenvalue weighted by Crippen LogP contribution is 2.28. The Bertz CT molecular complexity index is 580. The Labute approximate surface area is 147 Å². The Morgan fingerprint density at radius 3 is 2.48 bits per heavy atom. The number of hydrogen-bond donors (Lipinski definition) is 1. The largest absolute Gasteiger partial charge is 0.465 e. The fourth-order valence-corrected chi connectivity index (χ4v) is 2.54. The number of carboxylic acid groups (broad SMARTS) is 1. The number of hydrogen-bond acceptors (Lipinski definition) is 3. The number of alkyl halides is 1. The maximum atomic E-state index is 14.4. The van der Waals surface area contributed by atoms with Crippen LogP contribution in [0.3, 0.4) is 0 Å². The molecule has 0 unspecified atom stereocenters. The van der Waals surface area contributed by atoms with Crippen molar-refractivity contribution in [1.82, 2.24) is 9.80 Å². The van der Waals surface area contributed by atoms with Crippen LogP contribution in [-0.4, -0.2) is 59.4 Å². The monoisotopic (exact) mass is 352 g/mol. The number of ether oxygens (including phenoxy) is 1. The highest BCUT2D eigenvalue weighted by Gasteiger charge is 2.35. The summed E-state index contributed by atoms with van der Waals surface area (Å²) in [4.78, 5) is 25.6. The molecule has 0 heterocycles. The lowest BCUT2D eigenvalue weighted by Crippen LogP contribution is -2.41. The van der Waals surface area contributed by atoms with Crippen molar-refractivity contribution in [1.29, 1.82) is 0 Å². The molecule has 1 N–H and O–H groups in total. The predicted octanol–water partition coefficient (Wildman–Crippen LogP) is 3.37. The van der Waals surface area contributed by atoms with Crippen LogP contribution in [0.5, 0.6) is 0 Å². The lowest BCUT2D eigenvalue weighted by molar-refractivity contribution is 0.0807. The molecule has 0 bridgehead atoms. The van der Waals surface area contributed by atoms with E-state index in [1.54, 1.807) is 6.92 Å². The molecule has 1 saturated carbocycles. The van der Waals surface area contributed by atoms with Crippen LogP contribution in [0.1, 0.15) is 25.3 Å². The maximum absolute atomic E-state index is 14.4. The van der Waals surface area contributed by atoms with E-state index >= 15 is 0 Å². The molecule has 1 aromatic rings. The maximum Gasteiger partial charge on any atom is 0.409 e. The summed E-state index contributed by atoms with van der Waals surface area (Å²) < 4.78 is 19.6. The van der Waals surface area contributed by atoms with E-state index in [9.17, 15) is 19.1 Å². The molecule has 0 spiro atoms. The lowest BCUT2D eigenvalue weighted by atomic mass is 10.1. The van der Waals surface area contributed by atoms with Gasteiger partial charge in [-0.05, 0) is 18.4 Å². The van der Waals surface area contributed by atoms with Crippen LogP contribution < -0.4 is 0 Å². The lowest BCUT2D eigenvalue weighted by Gasteiger charge is -2.27. The minimum Gasteiger partial charge on any atom is -0.465 e. The van der Waals surface area contributed by atoms with Gasteiger partial charge in [0.1, 0.15) is 12.8 Å². The molecule has 0 aliphatic heterocycles. The fraction of sp³-hybridized carbons (Fsp3) is 0.556. The van der Waals surface area contributed by atoms with Crippen molar-refractivity contribution in [2.75, 3.05) is 20.1 Å². The molecule has 0 radical (unpaired) electrons. The second kappa shape index (κ2) is 8.69. The van der Waals surface area contributed by atoms with Gasteiger partial charge in [-0.2, -0.15) is 0 Å². The van der Waals surface area contributed by atoms with E-state index in [-0.39, 0.29) is 25.7 Å². The van der Waals surface area contributed by atoms with E-state index < -0.39 is 24.3 Å². The Morgan fingerprint density at radius 2 is 1.92 bits per heavy atom. The normalized spacial score (nSPS) is 16.0. The van der Waals surface area contributed by atoms with E-state index in [0.717, 1.165) is 18.4 Å². The number of benzene rings is 1. The third-order valence-corrected chi connectivity index (χ3v) is 4.30. The number of carbonyl (C=O) groups excluding carboxylic acids is 1. The van der Waals surface area contributed by atoms with Gasteiger partial charge >= 0.3 is 12.2 Å². The summed E-state index contributed by atoms with van der Waals surface area (Å²) >= 11 is 0. The molecule has 6 nitrogen and oxygen atoms in total. The van der Waals surface area contributed by atoms with Gasteiger partial charge in [0.25, 0.3) is 0 Å². The first-order valence-corrected chi connectivity index (χ1v) is 8.44. The summed E-state index contributed by atoms with van der Waals surface area (Å²) in [6.45, 7) is 1.79. The van der Waals surface area contributed by atoms with Gasteiger partial charge in [-0.3, -0.25) is 0 Å². The second-order valence-electron chi connectivity index (χ2n) is 6.58. The van der Waals surface area contributed by atoms with Crippen molar-refractivity contribution in [2.24, 2.45) is 5.92 Å². The third kappa shape index (κ3) is 5.92. The van der Waals surface area contributed by atoms with Gasteiger partial charge in [0.2, 0.25) is 0 Å². The summed E-state index contributed by atoms with van der Waals surface area (Å²) in [6.07, 6.45) is -1.27. The van der Waals surface area contributed by atoms with E-state index in [0.29, 0.717) is 0 Å². The van der Waals surface area contributed by atoms with Crippen LogP contribution in [0.2, 0.25) is 0 Å². The Hall–Kier alpha value is -2.31. The molecule has 25 heavy (non-hydrogen) atoms. The van der Waals surface area contributed by atoms with Crippen molar-refractivity contribution < 1.29 is 23.8 Å². The van der Waals surface area contributed by atoms with Crippen LogP contribution in [0.25, 0.3) is 0 Å². The third-order valence-electron chi connectivity index (χ3n) is 4.30. The van der Waals surface area contributed by atoms with E-state index in [2.05, 4.69) is 0 Å². The molecule has 2 rings (SSSR count). The molecule has 0 saturated heterocycles. The van der Waals surface area contributed by atoms with E-state index in [1.165, 1.54) is 16.8 Å². The van der Waals surface area contributed by atoms with Crippen molar-refractivity contribution >= 4 is 12.2 Å². The smallest absolute Gasteiger partial charge is 0.409 e. The van der Waals surface area contributed by atoms with Gasteiger partial charge in [0, 0.05) is 25.6 Å². The summed E-state index contributed by atoms with van der Waals surface area (Å²) in [6, 6.07) is 9.26. The molecule has 138 valence electrons. The summed E-state index contributed by atoms with van der Waals surface area (Å²) in [5, 5.41) is 9.18. The quantitative estimate of drug-likeness (QED) is 0.779. The number of rotatable bonds is 8. The number of amides is 2. The molecule has 1 aliphatic carbocycles. The number of carbonyl (C=O) groups is 2. The van der Waals surface area contributed by atoms with Gasteiger partial charge in [0.15, 0.2) is 0 Å². The molecular weight excluding hydrogens is 327 g/mol. The van der Waals surface area contributed by atoms with Gasteiger partial charge in [-0.25, -0.2) is 14.0 Å². The molecule has 1 fully saturated rings. The average Bonchev–Trinajstić information content (AvgIpc) is 3.42. The molecule has 1 aliphatic rings. The van der Waals surface area contributed by atoms with Gasteiger partial charge in [-0.1, -0.05) is 37.3 Å². The van der Waals surface area contributed by atoms with Crippen molar-refractivity contribution in [3.05, 3.63) is 35.9 Å². The Balaban J connectivity index is 1.76. The first-order chi connectivity index (χ1) is 11.9. The minimum absolute atomic E-state index is 0.0146. The van der Waals surface area contributed by atoms with Crippen LogP contribution in [0.4, 0.5) is 14.0 Å². The first kappa shape index (κ1) is 19.0. The van der Waals surface area contributed by atoms with E-state index in [4.69, 9.17) is 4.74 Å². The molecule has 1 aromatic carbocycles. The molecule has 2 amide bonds. The first-order valence-electron chi connectivity index (χ1n) is 8.44. The molecular formula is C18H25FN2O4. The van der Waals surface area contributed by atoms with Crippen LogP contribution in [-0.2, 0) is 11.3 Å². The average molecular weight is 352 g/mol. The Morgan fingerprint density at radius 1 is 1.28 bits per heavy atom. The molecule has 0 aromatic heterocycles. The fourth-order valence-electron chi connectivity index (χ4n) is 2.54. The Kier molecular flexibility index (Phi) is 6.61. The van der Waals surface area contributed by atoms with Crippen LogP contribution >= 0.6 is 0 Å². The predicted molar refractivity (Wildman–Crippen MR) is 91.1 cm³/mol. The number of nitrogens with zero attached hydrogens (tertiary/aromatic N) is 2. The van der Waals surface area contributed by atoms with Crippen LogP contribution in [0, 0.1) is 5.92 Å². The highest BCUT2D eigenvalue weighted by molar-refractivity contribution is 5.67. The van der Waals surface area contributed by atoms with Crippen molar-refractivity contribution in [2.45, 2.75) is 38.6 Å².